The summed E-state index contributed by atoms with van der Waals surface area (Å²) in [4.78, 5) is 31.7. The van der Waals surface area contributed by atoms with E-state index in [2.05, 4.69) is 4.84 Å². The van der Waals surface area contributed by atoms with Crippen molar-refractivity contribution in [2.45, 2.75) is 51.2 Å². The zero-order valence-corrected chi connectivity index (χ0v) is 16.5. The van der Waals surface area contributed by atoms with Crippen molar-refractivity contribution in [2.24, 2.45) is 0 Å². The van der Waals surface area contributed by atoms with Gasteiger partial charge in [-0.1, -0.05) is 30.3 Å². The van der Waals surface area contributed by atoms with Crippen molar-refractivity contribution in [3.05, 3.63) is 35.9 Å². The number of urea groups is 1. The van der Waals surface area contributed by atoms with Gasteiger partial charge in [0.15, 0.2) is 0 Å². The standard InChI is InChI=1S/C19H24F3N3O4/c1-17(2,3)28-16(27)24-10-9-18(24)12-23(13-18)15(26)25(29-19(20,21)22)11-14-7-5-4-6-8-14/h4-8H,9-13H2,1-3H3. The van der Waals surface area contributed by atoms with Crippen LogP contribution in [-0.4, -0.2) is 64.1 Å². The summed E-state index contributed by atoms with van der Waals surface area (Å²) in [7, 11) is 0. The highest BCUT2D eigenvalue weighted by Crippen LogP contribution is 2.40. The van der Waals surface area contributed by atoms with Gasteiger partial charge in [0.1, 0.15) is 5.60 Å². The Hall–Kier alpha value is -2.49. The molecule has 1 aromatic carbocycles. The van der Waals surface area contributed by atoms with Crippen molar-refractivity contribution >= 4 is 12.1 Å². The summed E-state index contributed by atoms with van der Waals surface area (Å²) >= 11 is 0. The Balaban J connectivity index is 1.64. The first-order valence-corrected chi connectivity index (χ1v) is 9.25. The van der Waals surface area contributed by atoms with E-state index in [0.717, 1.165) is 0 Å². The molecule has 2 saturated heterocycles. The number of halogens is 3. The lowest BCUT2D eigenvalue weighted by molar-refractivity contribution is -0.403. The first-order valence-electron chi connectivity index (χ1n) is 9.25. The van der Waals surface area contributed by atoms with Crippen molar-refractivity contribution in [1.29, 1.82) is 0 Å². The van der Waals surface area contributed by atoms with Gasteiger partial charge < -0.3 is 9.64 Å². The molecule has 2 fully saturated rings. The lowest BCUT2D eigenvalue weighted by Crippen LogP contribution is -2.79. The Labute approximate surface area is 166 Å². The van der Waals surface area contributed by atoms with Gasteiger partial charge in [-0.05, 0) is 32.8 Å². The van der Waals surface area contributed by atoms with E-state index in [4.69, 9.17) is 4.74 Å². The van der Waals surface area contributed by atoms with E-state index in [1.54, 1.807) is 51.1 Å². The van der Waals surface area contributed by atoms with Crippen LogP contribution in [0.5, 0.6) is 0 Å². The summed E-state index contributed by atoms with van der Waals surface area (Å²) < 4.78 is 43.8. The third-order valence-corrected chi connectivity index (χ3v) is 4.82. The molecule has 7 nitrogen and oxygen atoms in total. The maximum Gasteiger partial charge on any atom is 0.544 e. The number of hydrogen-bond donors (Lipinski definition) is 0. The number of benzene rings is 1. The van der Waals surface area contributed by atoms with Crippen LogP contribution in [0.3, 0.4) is 0 Å². The van der Waals surface area contributed by atoms with Crippen LogP contribution in [0, 0.1) is 0 Å². The monoisotopic (exact) mass is 415 g/mol. The third kappa shape index (κ3) is 4.92. The summed E-state index contributed by atoms with van der Waals surface area (Å²) in [5.74, 6) is 0. The lowest BCUT2D eigenvalue weighted by Gasteiger charge is -2.61. The molecule has 0 atom stereocenters. The fraction of sp³-hybridized carbons (Fsp3) is 0.579. The number of ether oxygens (including phenoxy) is 1. The zero-order chi connectivity index (χ0) is 21.4. The molecule has 0 aromatic heterocycles. The number of hydroxylamine groups is 2. The smallest absolute Gasteiger partial charge is 0.444 e. The molecule has 0 N–H and O–H groups in total. The van der Waals surface area contributed by atoms with Crippen molar-refractivity contribution < 1.29 is 32.3 Å². The summed E-state index contributed by atoms with van der Waals surface area (Å²) in [5, 5.41) is 0.304. The number of likely N-dealkylation sites (tertiary alicyclic amines) is 2. The maximum atomic E-state index is 12.8. The Morgan fingerprint density at radius 3 is 2.24 bits per heavy atom. The fourth-order valence-electron chi connectivity index (χ4n) is 3.44. The molecular weight excluding hydrogens is 391 g/mol. The predicted octanol–water partition coefficient (Wildman–Crippen LogP) is 3.76. The molecule has 2 heterocycles. The van der Waals surface area contributed by atoms with Crippen LogP contribution in [0.25, 0.3) is 0 Å². The van der Waals surface area contributed by atoms with Gasteiger partial charge in [-0.3, -0.25) is 4.90 Å². The van der Waals surface area contributed by atoms with E-state index >= 15 is 0 Å². The molecule has 3 amide bonds. The number of carbonyl (C=O) groups is 2. The Morgan fingerprint density at radius 1 is 1.14 bits per heavy atom. The normalized spacial score (nSPS) is 18.1. The molecular formula is C19H24F3N3O4. The van der Waals surface area contributed by atoms with E-state index in [1.165, 1.54) is 9.80 Å². The van der Waals surface area contributed by atoms with Crippen molar-refractivity contribution in [3.8, 4) is 0 Å². The Bertz CT molecular complexity index is 758. The number of rotatable bonds is 3. The minimum Gasteiger partial charge on any atom is -0.444 e. The molecule has 2 aliphatic heterocycles. The highest BCUT2D eigenvalue weighted by atomic mass is 19.4. The van der Waals surface area contributed by atoms with Gasteiger partial charge in [-0.15, -0.1) is 13.2 Å². The first-order chi connectivity index (χ1) is 13.4. The molecule has 160 valence electrons. The van der Waals surface area contributed by atoms with E-state index in [-0.39, 0.29) is 19.6 Å². The van der Waals surface area contributed by atoms with Gasteiger partial charge in [-0.25, -0.2) is 9.59 Å². The van der Waals surface area contributed by atoms with Crippen LogP contribution in [-0.2, 0) is 16.1 Å². The predicted molar refractivity (Wildman–Crippen MR) is 96.4 cm³/mol. The van der Waals surface area contributed by atoms with Crippen LogP contribution in [0.15, 0.2) is 30.3 Å². The molecule has 1 spiro atoms. The highest BCUT2D eigenvalue weighted by molar-refractivity contribution is 5.77. The van der Waals surface area contributed by atoms with Crippen LogP contribution < -0.4 is 0 Å². The molecule has 1 aromatic rings. The lowest BCUT2D eigenvalue weighted by atomic mass is 9.78. The van der Waals surface area contributed by atoms with Crippen molar-refractivity contribution in [2.75, 3.05) is 19.6 Å². The summed E-state index contributed by atoms with van der Waals surface area (Å²) in [6.45, 7) is 5.68. The maximum absolute atomic E-state index is 12.8. The van der Waals surface area contributed by atoms with E-state index in [0.29, 0.717) is 23.6 Å². The largest absolute Gasteiger partial charge is 0.544 e. The SMILES string of the molecule is CC(C)(C)OC(=O)N1CCC12CN(C(=O)N(Cc1ccccc1)OC(F)(F)F)C2. The highest BCUT2D eigenvalue weighted by Gasteiger charge is 2.58. The average Bonchev–Trinajstić information content (AvgIpc) is 2.49. The summed E-state index contributed by atoms with van der Waals surface area (Å²) in [6, 6.07) is 7.37. The quantitative estimate of drug-likeness (QED) is 0.706. The average molecular weight is 415 g/mol. The Morgan fingerprint density at radius 2 is 1.76 bits per heavy atom. The summed E-state index contributed by atoms with van der Waals surface area (Å²) in [6.07, 6.45) is -4.82. The van der Waals surface area contributed by atoms with Crippen LogP contribution >= 0.6 is 0 Å². The van der Waals surface area contributed by atoms with Gasteiger partial charge in [-0.2, -0.15) is 9.90 Å². The minimum atomic E-state index is -4.99. The second kappa shape index (κ2) is 7.40. The van der Waals surface area contributed by atoms with Crippen LogP contribution in [0.4, 0.5) is 22.8 Å². The molecule has 0 unspecified atom stereocenters. The molecule has 10 heteroatoms. The number of hydrogen-bond acceptors (Lipinski definition) is 4. The number of alkyl halides is 3. The number of nitrogens with zero attached hydrogens (tertiary/aromatic N) is 3. The molecule has 3 rings (SSSR count). The fourth-order valence-corrected chi connectivity index (χ4v) is 3.44. The van der Waals surface area contributed by atoms with Crippen molar-refractivity contribution in [3.63, 3.8) is 0 Å². The minimum absolute atomic E-state index is 0.136. The van der Waals surface area contributed by atoms with E-state index in [9.17, 15) is 22.8 Å². The molecule has 2 aliphatic rings. The van der Waals surface area contributed by atoms with Crippen LogP contribution in [0.2, 0.25) is 0 Å². The van der Waals surface area contributed by atoms with Gasteiger partial charge in [0.25, 0.3) is 0 Å². The zero-order valence-electron chi connectivity index (χ0n) is 16.5. The summed E-state index contributed by atoms with van der Waals surface area (Å²) in [5.41, 5.74) is -0.728. The van der Waals surface area contributed by atoms with Gasteiger partial charge in [0.05, 0.1) is 12.1 Å². The molecule has 0 bridgehead atoms. The third-order valence-electron chi connectivity index (χ3n) is 4.82. The van der Waals surface area contributed by atoms with Gasteiger partial charge in [0.2, 0.25) is 0 Å². The molecule has 29 heavy (non-hydrogen) atoms. The first kappa shape index (κ1) is 21.2. The van der Waals surface area contributed by atoms with Gasteiger partial charge in [0, 0.05) is 19.6 Å². The second-order valence-corrected chi connectivity index (χ2v) is 8.30. The van der Waals surface area contributed by atoms with Crippen molar-refractivity contribution in [1.82, 2.24) is 14.9 Å². The van der Waals surface area contributed by atoms with E-state index < -0.39 is 29.6 Å². The topological polar surface area (TPSA) is 62.3 Å². The van der Waals surface area contributed by atoms with Gasteiger partial charge >= 0.3 is 18.5 Å². The Kier molecular flexibility index (Phi) is 5.42. The van der Waals surface area contributed by atoms with Crippen LogP contribution in [0.1, 0.15) is 32.8 Å². The molecule has 0 aliphatic carbocycles. The number of amides is 3. The molecule has 0 saturated carbocycles. The second-order valence-electron chi connectivity index (χ2n) is 8.30. The number of carbonyl (C=O) groups excluding carboxylic acids is 2. The molecule has 0 radical (unpaired) electrons. The van der Waals surface area contributed by atoms with E-state index in [1.807, 2.05) is 0 Å².